The number of hydrogen-bond acceptors (Lipinski definition) is 3. The first-order valence-corrected chi connectivity index (χ1v) is 8.46. The Morgan fingerprint density at radius 3 is 2.57 bits per heavy atom. The fourth-order valence-electron chi connectivity index (χ4n) is 2.74. The molecular weight excluding hydrogens is 288 g/mol. The molecule has 0 bridgehead atoms. The highest BCUT2D eigenvalue weighted by molar-refractivity contribution is 5.91. The number of likely N-dealkylation sites (N-methyl/N-ethyl adjacent to an activating group) is 1. The van der Waals surface area contributed by atoms with Gasteiger partial charge in [0.1, 0.15) is 5.75 Å². The van der Waals surface area contributed by atoms with Crippen molar-refractivity contribution in [1.29, 1.82) is 0 Å². The van der Waals surface area contributed by atoms with Gasteiger partial charge in [0.2, 0.25) is 5.91 Å². The summed E-state index contributed by atoms with van der Waals surface area (Å²) in [7, 11) is 4.04. The van der Waals surface area contributed by atoms with Crippen molar-refractivity contribution in [1.82, 2.24) is 9.80 Å². The second-order valence-electron chi connectivity index (χ2n) is 6.23. The Bertz CT molecular complexity index is 517. The van der Waals surface area contributed by atoms with Crippen LogP contribution in [0.15, 0.2) is 30.3 Å². The Morgan fingerprint density at radius 1 is 1.30 bits per heavy atom. The lowest BCUT2D eigenvalue weighted by Crippen LogP contribution is -2.43. The van der Waals surface area contributed by atoms with Crippen LogP contribution in [0.3, 0.4) is 0 Å². The number of nitrogens with zero attached hydrogens (tertiary/aromatic N) is 2. The lowest BCUT2D eigenvalue weighted by atomic mass is 10.0. The minimum Gasteiger partial charge on any atom is -0.494 e. The molecule has 1 aromatic carbocycles. The monoisotopic (exact) mass is 316 g/mol. The SMILES string of the molecule is CCCOc1ccc(/C=C/C(=O)N(C)C2CCN(C)CC2)cc1. The topological polar surface area (TPSA) is 32.8 Å². The first-order chi connectivity index (χ1) is 11.1. The predicted molar refractivity (Wildman–Crippen MR) is 94.6 cm³/mol. The van der Waals surface area contributed by atoms with Gasteiger partial charge in [-0.2, -0.15) is 0 Å². The maximum atomic E-state index is 12.3. The van der Waals surface area contributed by atoms with Crippen LogP contribution in [0.4, 0.5) is 0 Å². The van der Waals surface area contributed by atoms with Gasteiger partial charge < -0.3 is 14.5 Å². The summed E-state index contributed by atoms with van der Waals surface area (Å²) in [6, 6.07) is 8.20. The van der Waals surface area contributed by atoms with E-state index in [1.54, 1.807) is 6.08 Å². The summed E-state index contributed by atoms with van der Waals surface area (Å²) >= 11 is 0. The van der Waals surface area contributed by atoms with Crippen LogP contribution in [0.1, 0.15) is 31.7 Å². The molecule has 1 saturated heterocycles. The summed E-state index contributed by atoms with van der Waals surface area (Å²) in [5, 5.41) is 0. The zero-order valence-electron chi connectivity index (χ0n) is 14.5. The van der Waals surface area contributed by atoms with Gasteiger partial charge in [-0.05, 0) is 63.2 Å². The summed E-state index contributed by atoms with van der Waals surface area (Å²) in [5.41, 5.74) is 1.01. The van der Waals surface area contributed by atoms with Crippen LogP contribution in [-0.4, -0.2) is 55.5 Å². The zero-order chi connectivity index (χ0) is 16.7. The van der Waals surface area contributed by atoms with E-state index in [-0.39, 0.29) is 5.91 Å². The average molecular weight is 316 g/mol. The molecule has 1 amide bonds. The van der Waals surface area contributed by atoms with Crippen molar-refractivity contribution in [2.75, 3.05) is 33.8 Å². The molecule has 23 heavy (non-hydrogen) atoms. The van der Waals surface area contributed by atoms with Crippen LogP contribution in [0.5, 0.6) is 5.75 Å². The largest absolute Gasteiger partial charge is 0.494 e. The van der Waals surface area contributed by atoms with E-state index in [1.807, 2.05) is 42.3 Å². The van der Waals surface area contributed by atoms with E-state index in [2.05, 4.69) is 18.9 Å². The lowest BCUT2D eigenvalue weighted by Gasteiger charge is -2.34. The molecule has 4 heteroatoms. The van der Waals surface area contributed by atoms with Gasteiger partial charge in [0.25, 0.3) is 0 Å². The Labute approximate surface area is 139 Å². The van der Waals surface area contributed by atoms with Crippen LogP contribution >= 0.6 is 0 Å². The lowest BCUT2D eigenvalue weighted by molar-refractivity contribution is -0.127. The summed E-state index contributed by atoms with van der Waals surface area (Å²) in [6.07, 6.45) is 6.64. The molecule has 0 N–H and O–H groups in total. The second kappa shape index (κ2) is 8.73. The van der Waals surface area contributed by atoms with Crippen molar-refractivity contribution in [2.45, 2.75) is 32.2 Å². The molecule has 0 aliphatic carbocycles. The number of carbonyl (C=O) groups excluding carboxylic acids is 1. The molecular formula is C19H28N2O2. The van der Waals surface area contributed by atoms with Gasteiger partial charge in [0.15, 0.2) is 0 Å². The molecule has 2 rings (SSSR count). The molecule has 0 atom stereocenters. The average Bonchev–Trinajstić information content (AvgIpc) is 2.58. The molecule has 0 spiro atoms. The zero-order valence-corrected chi connectivity index (χ0v) is 14.5. The Morgan fingerprint density at radius 2 is 1.96 bits per heavy atom. The van der Waals surface area contributed by atoms with E-state index < -0.39 is 0 Å². The number of carbonyl (C=O) groups is 1. The van der Waals surface area contributed by atoms with Crippen LogP contribution in [-0.2, 0) is 4.79 Å². The smallest absolute Gasteiger partial charge is 0.246 e. The second-order valence-corrected chi connectivity index (χ2v) is 6.23. The fraction of sp³-hybridized carbons (Fsp3) is 0.526. The quantitative estimate of drug-likeness (QED) is 0.756. The third kappa shape index (κ3) is 5.39. The molecule has 0 aromatic heterocycles. The Kier molecular flexibility index (Phi) is 6.66. The van der Waals surface area contributed by atoms with Crippen molar-refractivity contribution in [3.05, 3.63) is 35.9 Å². The maximum Gasteiger partial charge on any atom is 0.246 e. The molecule has 4 nitrogen and oxygen atoms in total. The van der Waals surface area contributed by atoms with E-state index in [4.69, 9.17) is 4.74 Å². The first kappa shape index (κ1) is 17.5. The standard InChI is InChI=1S/C19H28N2O2/c1-4-15-23-18-8-5-16(6-9-18)7-10-19(22)21(3)17-11-13-20(2)14-12-17/h5-10,17H,4,11-15H2,1-3H3/b10-7+. The molecule has 126 valence electrons. The molecule has 0 unspecified atom stereocenters. The van der Waals surface area contributed by atoms with Crippen LogP contribution in [0.2, 0.25) is 0 Å². The van der Waals surface area contributed by atoms with E-state index >= 15 is 0 Å². The van der Waals surface area contributed by atoms with Gasteiger partial charge in [-0.15, -0.1) is 0 Å². The van der Waals surface area contributed by atoms with Gasteiger partial charge in [0, 0.05) is 19.2 Å². The summed E-state index contributed by atoms with van der Waals surface area (Å²) in [5.74, 6) is 0.949. The number of benzene rings is 1. The minimum absolute atomic E-state index is 0.0749. The highest BCUT2D eigenvalue weighted by atomic mass is 16.5. The van der Waals surface area contributed by atoms with Crippen molar-refractivity contribution in [3.8, 4) is 5.75 Å². The van der Waals surface area contributed by atoms with Crippen molar-refractivity contribution in [2.24, 2.45) is 0 Å². The number of amides is 1. The van der Waals surface area contributed by atoms with Crippen molar-refractivity contribution in [3.63, 3.8) is 0 Å². The van der Waals surface area contributed by atoms with E-state index in [0.717, 1.165) is 50.3 Å². The molecule has 1 heterocycles. The number of ether oxygens (including phenoxy) is 1. The number of likely N-dealkylation sites (tertiary alicyclic amines) is 1. The van der Waals surface area contributed by atoms with Crippen molar-refractivity contribution >= 4 is 12.0 Å². The minimum atomic E-state index is 0.0749. The van der Waals surface area contributed by atoms with E-state index in [9.17, 15) is 4.79 Å². The third-order valence-electron chi connectivity index (χ3n) is 4.35. The Hall–Kier alpha value is -1.81. The van der Waals surface area contributed by atoms with Gasteiger partial charge in [-0.1, -0.05) is 19.1 Å². The molecule has 1 fully saturated rings. The highest BCUT2D eigenvalue weighted by Crippen LogP contribution is 2.16. The number of hydrogen-bond donors (Lipinski definition) is 0. The van der Waals surface area contributed by atoms with Crippen LogP contribution in [0.25, 0.3) is 6.08 Å². The molecule has 0 radical (unpaired) electrons. The van der Waals surface area contributed by atoms with Crippen LogP contribution in [0, 0.1) is 0 Å². The van der Waals surface area contributed by atoms with Gasteiger partial charge in [-0.25, -0.2) is 0 Å². The third-order valence-corrected chi connectivity index (χ3v) is 4.35. The predicted octanol–water partition coefficient (Wildman–Crippen LogP) is 3.04. The summed E-state index contributed by atoms with van der Waals surface area (Å²) in [4.78, 5) is 16.5. The number of piperidine rings is 1. The van der Waals surface area contributed by atoms with Gasteiger partial charge in [0.05, 0.1) is 6.61 Å². The normalized spacial score (nSPS) is 16.7. The van der Waals surface area contributed by atoms with Gasteiger partial charge >= 0.3 is 0 Å². The van der Waals surface area contributed by atoms with E-state index in [0.29, 0.717) is 6.04 Å². The Balaban J connectivity index is 1.87. The summed E-state index contributed by atoms with van der Waals surface area (Å²) < 4.78 is 5.56. The number of rotatable bonds is 6. The highest BCUT2D eigenvalue weighted by Gasteiger charge is 2.22. The van der Waals surface area contributed by atoms with Crippen molar-refractivity contribution < 1.29 is 9.53 Å². The van der Waals surface area contributed by atoms with Crippen LogP contribution < -0.4 is 4.74 Å². The summed E-state index contributed by atoms with van der Waals surface area (Å²) in [6.45, 7) is 4.94. The molecule has 0 saturated carbocycles. The molecule has 1 aliphatic heterocycles. The van der Waals surface area contributed by atoms with Gasteiger partial charge in [-0.3, -0.25) is 4.79 Å². The van der Waals surface area contributed by atoms with E-state index in [1.165, 1.54) is 0 Å². The first-order valence-electron chi connectivity index (χ1n) is 8.46. The molecule has 1 aliphatic rings. The fourth-order valence-corrected chi connectivity index (χ4v) is 2.74. The molecule has 1 aromatic rings. The maximum absolute atomic E-state index is 12.3.